The van der Waals surface area contributed by atoms with Crippen LogP contribution < -0.4 is 5.73 Å². The highest BCUT2D eigenvalue weighted by Crippen LogP contribution is 2.15. The number of hydrogen-bond acceptors (Lipinski definition) is 6. The van der Waals surface area contributed by atoms with E-state index in [2.05, 4.69) is 19.7 Å². The molecule has 0 amide bonds. The van der Waals surface area contributed by atoms with Crippen molar-refractivity contribution >= 4 is 11.5 Å². The van der Waals surface area contributed by atoms with E-state index < -0.39 is 0 Å². The minimum Gasteiger partial charge on any atom is -0.323 e. The lowest BCUT2D eigenvalue weighted by Crippen LogP contribution is -2.14. The summed E-state index contributed by atoms with van der Waals surface area (Å²) in [6.45, 7) is 0. The molecular formula is C7H10N6S. The van der Waals surface area contributed by atoms with Gasteiger partial charge in [0.2, 0.25) is 0 Å². The molecular weight excluding hydrogens is 200 g/mol. The fourth-order valence-electron chi connectivity index (χ4n) is 1.14. The van der Waals surface area contributed by atoms with Crippen LogP contribution in [-0.4, -0.2) is 24.4 Å². The highest BCUT2D eigenvalue weighted by atomic mass is 32.1. The van der Waals surface area contributed by atoms with Crippen molar-refractivity contribution in [1.29, 1.82) is 0 Å². The maximum atomic E-state index is 5.95. The Morgan fingerprint density at radius 1 is 1.64 bits per heavy atom. The molecule has 0 spiro atoms. The predicted octanol–water partition coefficient (Wildman–Crippen LogP) is -0.0909. The first kappa shape index (κ1) is 9.22. The van der Waals surface area contributed by atoms with Crippen molar-refractivity contribution in [3.05, 3.63) is 23.2 Å². The Morgan fingerprint density at radius 2 is 2.50 bits per heavy atom. The molecule has 1 atom stereocenters. The Bertz CT molecular complexity index is 394. The van der Waals surface area contributed by atoms with Gasteiger partial charge < -0.3 is 5.73 Å². The number of hydrogen-bond donors (Lipinski definition) is 1. The van der Waals surface area contributed by atoms with Crippen LogP contribution in [0.2, 0.25) is 0 Å². The molecule has 0 saturated heterocycles. The minimum absolute atomic E-state index is 0.0992. The maximum absolute atomic E-state index is 5.95. The molecule has 0 bridgehead atoms. The fourth-order valence-corrected chi connectivity index (χ4v) is 1.64. The third-order valence-corrected chi connectivity index (χ3v) is 2.75. The molecule has 0 saturated carbocycles. The Hall–Kier alpha value is -1.34. The van der Waals surface area contributed by atoms with Crippen LogP contribution >= 0.6 is 11.5 Å². The van der Waals surface area contributed by atoms with Crippen molar-refractivity contribution in [2.75, 3.05) is 0 Å². The Labute approximate surface area is 84.9 Å². The Balaban J connectivity index is 2.09. The van der Waals surface area contributed by atoms with E-state index in [9.17, 15) is 0 Å². The van der Waals surface area contributed by atoms with E-state index >= 15 is 0 Å². The number of aryl methyl sites for hydroxylation is 1. The van der Waals surface area contributed by atoms with Crippen LogP contribution in [0.1, 0.15) is 16.7 Å². The molecule has 74 valence electrons. The summed E-state index contributed by atoms with van der Waals surface area (Å²) in [5.74, 6) is 0.867. The zero-order valence-electron chi connectivity index (χ0n) is 7.66. The van der Waals surface area contributed by atoms with Gasteiger partial charge in [-0.2, -0.15) is 5.10 Å². The molecule has 2 N–H and O–H groups in total. The van der Waals surface area contributed by atoms with E-state index in [-0.39, 0.29) is 6.04 Å². The van der Waals surface area contributed by atoms with Gasteiger partial charge >= 0.3 is 0 Å². The highest BCUT2D eigenvalue weighted by Gasteiger charge is 2.12. The van der Waals surface area contributed by atoms with Crippen LogP contribution in [0.5, 0.6) is 0 Å². The van der Waals surface area contributed by atoms with Gasteiger partial charge in [-0.05, 0) is 11.5 Å². The van der Waals surface area contributed by atoms with Gasteiger partial charge in [-0.3, -0.25) is 4.68 Å². The molecule has 14 heavy (non-hydrogen) atoms. The summed E-state index contributed by atoms with van der Waals surface area (Å²) in [4.78, 5) is 5.07. The summed E-state index contributed by atoms with van der Waals surface area (Å²) in [6.07, 6.45) is 3.86. The summed E-state index contributed by atoms with van der Waals surface area (Å²) in [7, 11) is 1.85. The van der Waals surface area contributed by atoms with Gasteiger partial charge in [0.15, 0.2) is 0 Å². The number of nitrogens with two attached hydrogens (primary N) is 1. The van der Waals surface area contributed by atoms with Crippen LogP contribution in [0.15, 0.2) is 12.5 Å². The van der Waals surface area contributed by atoms with E-state index in [0.29, 0.717) is 6.42 Å². The molecule has 2 rings (SSSR count). The molecule has 0 radical (unpaired) electrons. The van der Waals surface area contributed by atoms with Gasteiger partial charge in [0.1, 0.15) is 12.2 Å². The number of aromatic nitrogens is 5. The third kappa shape index (κ3) is 1.78. The molecule has 0 aliphatic carbocycles. The molecule has 1 unspecified atom stereocenters. The van der Waals surface area contributed by atoms with Crippen molar-refractivity contribution in [1.82, 2.24) is 24.4 Å². The summed E-state index contributed by atoms with van der Waals surface area (Å²) in [5, 5.41) is 7.71. The lowest BCUT2D eigenvalue weighted by Gasteiger charge is -2.06. The zero-order chi connectivity index (χ0) is 9.97. The quantitative estimate of drug-likeness (QED) is 0.765. The van der Waals surface area contributed by atoms with Gasteiger partial charge in [0.25, 0.3) is 0 Å². The van der Waals surface area contributed by atoms with Gasteiger partial charge in [-0.15, -0.1) is 5.10 Å². The Morgan fingerprint density at radius 3 is 3.07 bits per heavy atom. The number of rotatable bonds is 3. The van der Waals surface area contributed by atoms with E-state index in [1.54, 1.807) is 10.9 Å². The summed E-state index contributed by atoms with van der Waals surface area (Å²) in [5.41, 5.74) is 5.95. The second kappa shape index (κ2) is 3.81. The molecule has 0 fully saturated rings. The summed E-state index contributed by atoms with van der Waals surface area (Å²) >= 11 is 1.32. The molecule has 0 aliphatic rings. The second-order valence-electron chi connectivity index (χ2n) is 2.93. The van der Waals surface area contributed by atoms with Crippen LogP contribution in [0.25, 0.3) is 0 Å². The van der Waals surface area contributed by atoms with Crippen LogP contribution in [0.3, 0.4) is 0 Å². The molecule has 7 heteroatoms. The molecule has 2 aromatic rings. The SMILES string of the molecule is Cn1ncnc1CC(N)c1cnns1. The van der Waals surface area contributed by atoms with Crippen molar-refractivity contribution < 1.29 is 0 Å². The van der Waals surface area contributed by atoms with Gasteiger partial charge in [-0.1, -0.05) is 4.49 Å². The minimum atomic E-state index is -0.0992. The first-order valence-electron chi connectivity index (χ1n) is 4.13. The normalized spacial score (nSPS) is 13.0. The van der Waals surface area contributed by atoms with Crippen molar-refractivity contribution in [3.63, 3.8) is 0 Å². The van der Waals surface area contributed by atoms with E-state index in [1.807, 2.05) is 7.05 Å². The van der Waals surface area contributed by atoms with E-state index in [4.69, 9.17) is 5.73 Å². The van der Waals surface area contributed by atoms with Crippen LogP contribution in [0.4, 0.5) is 0 Å². The van der Waals surface area contributed by atoms with Crippen molar-refractivity contribution in [3.8, 4) is 0 Å². The van der Waals surface area contributed by atoms with Crippen molar-refractivity contribution in [2.45, 2.75) is 12.5 Å². The lowest BCUT2D eigenvalue weighted by atomic mass is 10.2. The average Bonchev–Trinajstić information content (AvgIpc) is 2.77. The lowest BCUT2D eigenvalue weighted by molar-refractivity contribution is 0.635. The van der Waals surface area contributed by atoms with Crippen LogP contribution in [0, 0.1) is 0 Å². The maximum Gasteiger partial charge on any atom is 0.138 e. The van der Waals surface area contributed by atoms with Crippen molar-refractivity contribution in [2.24, 2.45) is 12.8 Å². The first-order valence-corrected chi connectivity index (χ1v) is 4.90. The predicted molar refractivity (Wildman–Crippen MR) is 51.5 cm³/mol. The second-order valence-corrected chi connectivity index (χ2v) is 3.75. The standard InChI is InChI=1S/C7H10N6S/c1-13-7(9-4-11-13)2-5(8)6-3-10-12-14-6/h3-5H,2,8H2,1H3. The average molecular weight is 210 g/mol. The zero-order valence-corrected chi connectivity index (χ0v) is 8.48. The monoisotopic (exact) mass is 210 g/mol. The van der Waals surface area contributed by atoms with Gasteiger partial charge in [0.05, 0.1) is 11.1 Å². The van der Waals surface area contributed by atoms with Gasteiger partial charge in [0, 0.05) is 19.5 Å². The smallest absolute Gasteiger partial charge is 0.138 e. The molecule has 2 aromatic heterocycles. The first-order chi connectivity index (χ1) is 6.77. The number of nitrogens with zero attached hydrogens (tertiary/aromatic N) is 5. The van der Waals surface area contributed by atoms with Gasteiger partial charge in [-0.25, -0.2) is 4.98 Å². The fraction of sp³-hybridized carbons (Fsp3) is 0.429. The molecule has 2 heterocycles. The summed E-state index contributed by atoms with van der Waals surface area (Å²) in [6, 6.07) is -0.0992. The largest absolute Gasteiger partial charge is 0.323 e. The molecule has 0 aromatic carbocycles. The third-order valence-electron chi connectivity index (χ3n) is 1.95. The topological polar surface area (TPSA) is 82.5 Å². The van der Waals surface area contributed by atoms with E-state index in [1.165, 1.54) is 17.9 Å². The van der Waals surface area contributed by atoms with E-state index in [0.717, 1.165) is 10.7 Å². The van der Waals surface area contributed by atoms with Crippen LogP contribution in [-0.2, 0) is 13.5 Å². The molecule has 0 aliphatic heterocycles. The Kier molecular flexibility index (Phi) is 2.51. The molecule has 6 nitrogen and oxygen atoms in total. The highest BCUT2D eigenvalue weighted by molar-refractivity contribution is 7.05. The summed E-state index contributed by atoms with van der Waals surface area (Å²) < 4.78 is 5.48.